The monoisotopic (exact) mass is 440 g/mol. The highest BCUT2D eigenvalue weighted by Crippen LogP contribution is 2.19. The lowest BCUT2D eigenvalue weighted by molar-refractivity contribution is -0.140. The lowest BCUT2D eigenvalue weighted by Gasteiger charge is -2.39. The molecule has 5 rings (SSSR count). The summed E-state index contributed by atoms with van der Waals surface area (Å²) in [4.78, 5) is 42.9. The van der Waals surface area contributed by atoms with E-state index in [1.54, 1.807) is 36.6 Å². The van der Waals surface area contributed by atoms with E-state index >= 15 is 0 Å². The third-order valence-electron chi connectivity index (χ3n) is 5.99. The van der Waals surface area contributed by atoms with E-state index in [2.05, 4.69) is 15.0 Å². The van der Waals surface area contributed by atoms with Crippen molar-refractivity contribution in [3.8, 4) is 0 Å². The van der Waals surface area contributed by atoms with Gasteiger partial charge in [-0.15, -0.1) is 0 Å². The number of pyridine rings is 2. The van der Waals surface area contributed by atoms with Gasteiger partial charge in [-0.3, -0.25) is 14.6 Å². The van der Waals surface area contributed by atoms with Crippen molar-refractivity contribution in [2.75, 3.05) is 13.1 Å². The molecule has 166 valence electrons. The van der Waals surface area contributed by atoms with Gasteiger partial charge in [0.15, 0.2) is 5.65 Å². The average Bonchev–Trinajstić information content (AvgIpc) is 3.25. The lowest BCUT2D eigenvalue weighted by Crippen LogP contribution is -2.57. The minimum Gasteiger partial charge on any atom is -0.335 e. The van der Waals surface area contributed by atoms with Crippen molar-refractivity contribution in [1.29, 1.82) is 0 Å². The Morgan fingerprint density at radius 3 is 2.61 bits per heavy atom. The van der Waals surface area contributed by atoms with Crippen LogP contribution in [0.4, 0.5) is 0 Å². The topological polar surface area (TPSA) is 84.2 Å². The molecule has 1 saturated heterocycles. The van der Waals surface area contributed by atoms with Crippen LogP contribution >= 0.6 is 0 Å². The van der Waals surface area contributed by atoms with Gasteiger partial charge in [0, 0.05) is 32.0 Å². The van der Waals surface area contributed by atoms with Crippen molar-refractivity contribution >= 4 is 23.0 Å². The fourth-order valence-corrected chi connectivity index (χ4v) is 4.18. The predicted octanol–water partition coefficient (Wildman–Crippen LogP) is 2.75. The van der Waals surface area contributed by atoms with Crippen LogP contribution in [-0.2, 0) is 17.9 Å². The number of rotatable bonds is 5. The summed E-state index contributed by atoms with van der Waals surface area (Å²) in [5, 5.41) is 0. The van der Waals surface area contributed by atoms with Gasteiger partial charge in [0.25, 0.3) is 5.91 Å². The number of carbonyl (C=O) groups is 2. The second kappa shape index (κ2) is 8.82. The van der Waals surface area contributed by atoms with Crippen LogP contribution < -0.4 is 0 Å². The maximum absolute atomic E-state index is 13.2. The molecule has 8 heteroatoms. The van der Waals surface area contributed by atoms with E-state index in [-0.39, 0.29) is 11.8 Å². The first-order valence-corrected chi connectivity index (χ1v) is 10.9. The molecule has 3 aromatic heterocycles. The molecule has 1 atom stereocenters. The van der Waals surface area contributed by atoms with Crippen LogP contribution in [0.3, 0.4) is 0 Å². The zero-order chi connectivity index (χ0) is 22.8. The molecule has 2 amide bonds. The Balaban J connectivity index is 1.31. The van der Waals surface area contributed by atoms with Gasteiger partial charge in [0.2, 0.25) is 5.91 Å². The van der Waals surface area contributed by atoms with Crippen molar-refractivity contribution < 1.29 is 9.59 Å². The summed E-state index contributed by atoms with van der Waals surface area (Å²) < 4.78 is 1.90. The fraction of sp³-hybridized carbons (Fsp3) is 0.240. The smallest absolute Gasteiger partial charge is 0.256 e. The van der Waals surface area contributed by atoms with E-state index in [0.29, 0.717) is 42.9 Å². The molecular formula is C25H24N6O2. The highest BCUT2D eigenvalue weighted by atomic mass is 16.2. The molecule has 1 aliphatic rings. The highest BCUT2D eigenvalue weighted by Gasteiger charge is 2.34. The summed E-state index contributed by atoms with van der Waals surface area (Å²) in [5.41, 5.74) is 3.74. The Morgan fingerprint density at radius 1 is 1.00 bits per heavy atom. The number of carbonyl (C=O) groups excluding carboxylic acids is 2. The SMILES string of the molecule is CC1C(=O)N(Cc2ccccc2)CCN1C(=O)c1cnc2c(c1)ncn2Cc1ccccn1. The third-order valence-corrected chi connectivity index (χ3v) is 5.99. The highest BCUT2D eigenvalue weighted by molar-refractivity contribution is 5.99. The summed E-state index contributed by atoms with van der Waals surface area (Å²) in [6.45, 7) is 3.85. The number of amides is 2. The molecule has 4 heterocycles. The zero-order valence-electron chi connectivity index (χ0n) is 18.3. The Morgan fingerprint density at radius 2 is 1.82 bits per heavy atom. The Hall–Kier alpha value is -4.07. The van der Waals surface area contributed by atoms with Crippen molar-refractivity contribution in [1.82, 2.24) is 29.3 Å². The van der Waals surface area contributed by atoms with Gasteiger partial charge in [0.1, 0.15) is 11.6 Å². The van der Waals surface area contributed by atoms with Crippen molar-refractivity contribution in [2.24, 2.45) is 0 Å². The first-order chi connectivity index (χ1) is 16.1. The van der Waals surface area contributed by atoms with Gasteiger partial charge in [-0.2, -0.15) is 0 Å². The summed E-state index contributed by atoms with van der Waals surface area (Å²) in [5.74, 6) is -0.254. The second-order valence-electron chi connectivity index (χ2n) is 8.18. The summed E-state index contributed by atoms with van der Waals surface area (Å²) in [6, 6.07) is 16.9. The van der Waals surface area contributed by atoms with Gasteiger partial charge in [0.05, 0.1) is 24.1 Å². The Labute approximate surface area is 191 Å². The van der Waals surface area contributed by atoms with Gasteiger partial charge in [-0.25, -0.2) is 9.97 Å². The van der Waals surface area contributed by atoms with Crippen molar-refractivity contribution in [3.05, 3.63) is 90.1 Å². The lowest BCUT2D eigenvalue weighted by atomic mass is 10.1. The van der Waals surface area contributed by atoms with Gasteiger partial charge < -0.3 is 14.4 Å². The summed E-state index contributed by atoms with van der Waals surface area (Å²) in [7, 11) is 0. The summed E-state index contributed by atoms with van der Waals surface area (Å²) >= 11 is 0. The van der Waals surface area contributed by atoms with E-state index in [9.17, 15) is 9.59 Å². The molecule has 0 aliphatic carbocycles. The number of fused-ring (bicyclic) bond motifs is 1. The molecule has 1 unspecified atom stereocenters. The number of hydrogen-bond donors (Lipinski definition) is 0. The van der Waals surface area contributed by atoms with Crippen LogP contribution in [0.25, 0.3) is 11.2 Å². The van der Waals surface area contributed by atoms with Crippen molar-refractivity contribution in [2.45, 2.75) is 26.1 Å². The van der Waals surface area contributed by atoms with E-state index in [1.807, 2.05) is 58.0 Å². The van der Waals surface area contributed by atoms with Gasteiger partial charge >= 0.3 is 0 Å². The molecule has 1 aromatic carbocycles. The molecular weight excluding hydrogens is 416 g/mol. The third kappa shape index (κ3) is 4.19. The normalized spacial score (nSPS) is 16.4. The summed E-state index contributed by atoms with van der Waals surface area (Å²) in [6.07, 6.45) is 5.02. The van der Waals surface area contributed by atoms with E-state index < -0.39 is 6.04 Å². The van der Waals surface area contributed by atoms with Crippen LogP contribution in [0.2, 0.25) is 0 Å². The number of hydrogen-bond acceptors (Lipinski definition) is 5. The Bertz CT molecular complexity index is 1290. The van der Waals surface area contributed by atoms with Crippen molar-refractivity contribution in [3.63, 3.8) is 0 Å². The number of nitrogens with zero attached hydrogens (tertiary/aromatic N) is 6. The number of aromatic nitrogens is 4. The first kappa shape index (κ1) is 20.8. The number of imidazole rings is 1. The molecule has 1 fully saturated rings. The molecule has 0 N–H and O–H groups in total. The first-order valence-electron chi connectivity index (χ1n) is 10.9. The molecule has 8 nitrogen and oxygen atoms in total. The standard InChI is InChI=1S/C25H24N6O2/c1-18-24(32)29(15-19-7-3-2-4-8-19)11-12-31(18)25(33)20-13-22-23(27-14-20)30(17-28-22)16-21-9-5-6-10-26-21/h2-10,13-14,17-18H,11-12,15-16H2,1H3. The van der Waals surface area contributed by atoms with E-state index in [0.717, 1.165) is 11.3 Å². The van der Waals surface area contributed by atoms with Crippen LogP contribution in [0, 0.1) is 0 Å². The van der Waals surface area contributed by atoms with Crippen LogP contribution in [0.15, 0.2) is 73.3 Å². The van der Waals surface area contributed by atoms with Crippen LogP contribution in [-0.4, -0.2) is 60.3 Å². The predicted molar refractivity (Wildman–Crippen MR) is 123 cm³/mol. The van der Waals surface area contributed by atoms with Gasteiger partial charge in [-0.05, 0) is 30.7 Å². The second-order valence-corrected chi connectivity index (χ2v) is 8.18. The van der Waals surface area contributed by atoms with Gasteiger partial charge in [-0.1, -0.05) is 36.4 Å². The molecule has 0 bridgehead atoms. The molecule has 0 radical (unpaired) electrons. The maximum Gasteiger partial charge on any atom is 0.256 e. The minimum absolute atomic E-state index is 0.0490. The molecule has 0 saturated carbocycles. The number of piperazine rings is 1. The quantitative estimate of drug-likeness (QED) is 0.477. The molecule has 1 aliphatic heterocycles. The largest absolute Gasteiger partial charge is 0.335 e. The van der Waals surface area contributed by atoms with E-state index in [1.165, 1.54) is 0 Å². The maximum atomic E-state index is 13.2. The number of benzene rings is 1. The van der Waals surface area contributed by atoms with Crippen LogP contribution in [0.1, 0.15) is 28.5 Å². The Kier molecular flexibility index (Phi) is 5.56. The molecule has 33 heavy (non-hydrogen) atoms. The van der Waals surface area contributed by atoms with Crippen LogP contribution in [0.5, 0.6) is 0 Å². The average molecular weight is 441 g/mol. The fourth-order valence-electron chi connectivity index (χ4n) is 4.18. The zero-order valence-corrected chi connectivity index (χ0v) is 18.3. The molecule has 0 spiro atoms. The molecule has 4 aromatic rings. The minimum atomic E-state index is -0.535. The van der Waals surface area contributed by atoms with E-state index in [4.69, 9.17) is 0 Å².